The molecule has 0 aromatic heterocycles. The number of amides is 2. The number of alkyl halides is 3. The monoisotopic (exact) mass is 366 g/mol. The lowest BCUT2D eigenvalue weighted by Crippen LogP contribution is -2.43. The van der Waals surface area contributed by atoms with Crippen molar-refractivity contribution in [2.24, 2.45) is 0 Å². The topological polar surface area (TPSA) is 23.6 Å². The Labute approximate surface area is 148 Å². The van der Waals surface area contributed by atoms with Crippen molar-refractivity contribution in [2.45, 2.75) is 24.9 Å². The quantitative estimate of drug-likeness (QED) is 0.516. The van der Waals surface area contributed by atoms with Gasteiger partial charge in [0.2, 0.25) is 0 Å². The first-order valence-electron chi connectivity index (χ1n) is 8.33. The van der Waals surface area contributed by atoms with Crippen LogP contribution in [-0.4, -0.2) is 24.0 Å². The van der Waals surface area contributed by atoms with Crippen molar-refractivity contribution in [3.63, 3.8) is 0 Å². The minimum absolute atomic E-state index is 0.0942. The van der Waals surface area contributed by atoms with Gasteiger partial charge in [-0.15, -0.1) is 5.12 Å². The largest absolute Gasteiger partial charge is 0.416 e. The first kappa shape index (κ1) is 18.2. The normalized spacial score (nSPS) is 15.8. The molecule has 0 bridgehead atoms. The molecule has 26 heavy (non-hydrogen) atoms. The van der Waals surface area contributed by atoms with E-state index in [0.29, 0.717) is 19.0 Å². The summed E-state index contributed by atoms with van der Waals surface area (Å²) in [7, 11) is 0. The molecule has 1 saturated heterocycles. The van der Waals surface area contributed by atoms with Crippen molar-refractivity contribution in [3.05, 3.63) is 65.7 Å². The second-order valence-electron chi connectivity index (χ2n) is 6.28. The van der Waals surface area contributed by atoms with Crippen LogP contribution in [0.4, 0.5) is 28.1 Å². The van der Waals surface area contributed by atoms with E-state index >= 15 is 0 Å². The summed E-state index contributed by atoms with van der Waals surface area (Å²) in [5.74, 6) is 0.319. The second-order valence-corrected chi connectivity index (χ2v) is 6.28. The van der Waals surface area contributed by atoms with E-state index in [4.69, 9.17) is 0 Å². The van der Waals surface area contributed by atoms with E-state index < -0.39 is 17.8 Å². The number of rotatable bonds is 2. The highest BCUT2D eigenvalue weighted by atomic mass is 19.4. The second kappa shape index (κ2) is 7.35. The molecule has 0 atom stereocenters. The highest BCUT2D eigenvalue weighted by molar-refractivity contribution is 5.89. The molecule has 0 spiro atoms. The summed E-state index contributed by atoms with van der Waals surface area (Å²) >= 11 is 0. The number of piperidine rings is 1. The van der Waals surface area contributed by atoms with Gasteiger partial charge in [0.15, 0.2) is 0 Å². The summed E-state index contributed by atoms with van der Waals surface area (Å²) in [6.45, 7) is 0.804. The van der Waals surface area contributed by atoms with Crippen molar-refractivity contribution in [3.8, 4) is 0 Å². The van der Waals surface area contributed by atoms with Crippen molar-refractivity contribution >= 4 is 11.7 Å². The number of anilines is 1. The molecule has 0 N–H and O–H groups in total. The number of carbonyl (C=O) groups excluding carboxylic acids is 1. The SMILES string of the molecule is O=C(N1CCC(c2ccccc2)CC1)N(F)c1ccc(C(F)(F)F)cc1. The summed E-state index contributed by atoms with van der Waals surface area (Å²) in [6, 6.07) is 12.5. The van der Waals surface area contributed by atoms with Gasteiger partial charge < -0.3 is 4.90 Å². The Morgan fingerprint density at radius 1 is 0.962 bits per heavy atom. The molecule has 1 aliphatic rings. The number of hydrogen-bond acceptors (Lipinski definition) is 1. The molecule has 2 aromatic carbocycles. The number of carbonyl (C=O) groups is 1. The smallest absolute Gasteiger partial charge is 0.322 e. The summed E-state index contributed by atoms with van der Waals surface area (Å²) in [4.78, 5) is 13.7. The van der Waals surface area contributed by atoms with E-state index in [1.807, 2.05) is 30.3 Å². The van der Waals surface area contributed by atoms with Crippen LogP contribution >= 0.6 is 0 Å². The maximum Gasteiger partial charge on any atom is 0.416 e. The van der Waals surface area contributed by atoms with Crippen LogP contribution in [0.2, 0.25) is 0 Å². The standard InChI is InChI=1S/C19H18F4N2O/c20-19(21,22)16-6-8-17(9-7-16)25(23)18(26)24-12-10-15(11-13-24)14-4-2-1-3-5-14/h1-9,15H,10-13H2. The number of urea groups is 1. The van der Waals surface area contributed by atoms with Gasteiger partial charge >= 0.3 is 12.2 Å². The van der Waals surface area contributed by atoms with Crippen LogP contribution in [0.5, 0.6) is 0 Å². The minimum atomic E-state index is -4.50. The maximum atomic E-state index is 14.3. The highest BCUT2D eigenvalue weighted by Crippen LogP contribution is 2.32. The first-order valence-corrected chi connectivity index (χ1v) is 8.33. The predicted molar refractivity (Wildman–Crippen MR) is 90.4 cm³/mol. The fraction of sp³-hybridized carbons (Fsp3) is 0.316. The lowest BCUT2D eigenvalue weighted by Gasteiger charge is -2.33. The third-order valence-corrected chi connectivity index (χ3v) is 4.63. The summed E-state index contributed by atoms with van der Waals surface area (Å²) in [6.07, 6.45) is -3.06. The lowest BCUT2D eigenvalue weighted by atomic mass is 9.90. The molecule has 2 aromatic rings. The van der Waals surface area contributed by atoms with Crippen LogP contribution in [0.15, 0.2) is 54.6 Å². The van der Waals surface area contributed by atoms with Crippen LogP contribution in [0, 0.1) is 0 Å². The molecule has 1 aliphatic heterocycles. The van der Waals surface area contributed by atoms with Gasteiger partial charge in [0.1, 0.15) is 0 Å². The van der Waals surface area contributed by atoms with Gasteiger partial charge in [-0.1, -0.05) is 34.8 Å². The molecule has 0 aliphatic carbocycles. The van der Waals surface area contributed by atoms with Gasteiger partial charge in [0.05, 0.1) is 11.3 Å². The molecule has 2 amide bonds. The number of halogens is 4. The zero-order valence-electron chi connectivity index (χ0n) is 13.9. The van der Waals surface area contributed by atoms with Gasteiger partial charge in [-0.05, 0) is 48.6 Å². The number of nitrogens with zero attached hydrogens (tertiary/aromatic N) is 2. The molecule has 3 rings (SSSR count). The van der Waals surface area contributed by atoms with E-state index in [9.17, 15) is 22.4 Å². The molecule has 1 fully saturated rings. The van der Waals surface area contributed by atoms with Crippen LogP contribution in [0.3, 0.4) is 0 Å². The van der Waals surface area contributed by atoms with E-state index in [2.05, 4.69) is 0 Å². The zero-order chi connectivity index (χ0) is 18.7. The lowest BCUT2D eigenvalue weighted by molar-refractivity contribution is -0.137. The van der Waals surface area contributed by atoms with E-state index in [0.717, 1.165) is 37.1 Å². The number of likely N-dealkylation sites (tertiary alicyclic amines) is 1. The Hall–Kier alpha value is -2.57. The first-order chi connectivity index (χ1) is 12.4. The fourth-order valence-electron chi connectivity index (χ4n) is 3.15. The molecule has 7 heteroatoms. The van der Waals surface area contributed by atoms with Crippen LogP contribution in [-0.2, 0) is 6.18 Å². The van der Waals surface area contributed by atoms with Gasteiger partial charge in [0, 0.05) is 13.1 Å². The van der Waals surface area contributed by atoms with Gasteiger partial charge in [-0.2, -0.15) is 13.2 Å². The van der Waals surface area contributed by atoms with Crippen molar-refractivity contribution < 1.29 is 22.4 Å². The van der Waals surface area contributed by atoms with Gasteiger partial charge in [-0.25, -0.2) is 4.79 Å². The molecule has 0 saturated carbocycles. The van der Waals surface area contributed by atoms with E-state index in [1.54, 1.807) is 0 Å². The average Bonchev–Trinajstić information content (AvgIpc) is 2.67. The molecular weight excluding hydrogens is 348 g/mol. The number of benzene rings is 2. The Bertz CT molecular complexity index is 738. The van der Waals surface area contributed by atoms with Crippen LogP contribution in [0.1, 0.15) is 29.9 Å². The summed E-state index contributed by atoms with van der Waals surface area (Å²) < 4.78 is 52.0. The molecular formula is C19H18F4N2O. The zero-order valence-corrected chi connectivity index (χ0v) is 13.9. The molecule has 0 unspecified atom stereocenters. The van der Waals surface area contributed by atoms with Gasteiger partial charge in [-0.3, -0.25) is 0 Å². The number of hydrogen-bond donors (Lipinski definition) is 0. The Balaban J connectivity index is 1.61. The summed E-state index contributed by atoms with van der Waals surface area (Å²) in [5, 5.41) is -0.0942. The third-order valence-electron chi connectivity index (χ3n) is 4.63. The van der Waals surface area contributed by atoms with Crippen molar-refractivity contribution in [1.82, 2.24) is 4.90 Å². The highest BCUT2D eigenvalue weighted by Gasteiger charge is 2.31. The Morgan fingerprint density at radius 3 is 2.08 bits per heavy atom. The van der Waals surface area contributed by atoms with Crippen LogP contribution < -0.4 is 5.12 Å². The van der Waals surface area contributed by atoms with Crippen LogP contribution in [0.25, 0.3) is 0 Å². The Kier molecular flexibility index (Phi) is 5.15. The molecule has 0 radical (unpaired) electrons. The summed E-state index contributed by atoms with van der Waals surface area (Å²) in [5.41, 5.74) is 0.0957. The molecule has 138 valence electrons. The van der Waals surface area contributed by atoms with Gasteiger partial charge in [0.25, 0.3) is 0 Å². The fourth-order valence-corrected chi connectivity index (χ4v) is 3.15. The predicted octanol–water partition coefficient (Wildman–Crippen LogP) is 5.40. The van der Waals surface area contributed by atoms with Crippen molar-refractivity contribution in [2.75, 3.05) is 18.2 Å². The average molecular weight is 366 g/mol. The third kappa shape index (κ3) is 3.98. The van der Waals surface area contributed by atoms with Crippen molar-refractivity contribution in [1.29, 1.82) is 0 Å². The molecule has 1 heterocycles. The Morgan fingerprint density at radius 2 is 1.54 bits per heavy atom. The van der Waals surface area contributed by atoms with E-state index in [1.165, 1.54) is 10.5 Å². The molecule has 3 nitrogen and oxygen atoms in total. The minimum Gasteiger partial charge on any atom is -0.322 e. The maximum absolute atomic E-state index is 14.3. The van der Waals surface area contributed by atoms with E-state index in [-0.39, 0.29) is 10.8 Å².